The Bertz CT molecular complexity index is 1100. The molecule has 0 amide bonds. The maximum atomic E-state index is 12.9. The number of hydrogen-bond acceptors (Lipinski definition) is 5. The molecule has 2 fully saturated rings. The van der Waals surface area contributed by atoms with E-state index in [1.165, 1.54) is 12.1 Å². The summed E-state index contributed by atoms with van der Waals surface area (Å²) in [5, 5.41) is 24.1. The number of rotatable bonds is 4. The van der Waals surface area contributed by atoms with Gasteiger partial charge in [0.25, 0.3) is 0 Å². The van der Waals surface area contributed by atoms with Crippen molar-refractivity contribution in [3.8, 4) is 11.3 Å². The molecular weight excluding hydrogens is 395 g/mol. The van der Waals surface area contributed by atoms with Crippen LogP contribution in [-0.4, -0.2) is 39.7 Å². The molecule has 1 aromatic heterocycles. The van der Waals surface area contributed by atoms with Crippen LogP contribution in [0.1, 0.15) is 24.8 Å². The summed E-state index contributed by atoms with van der Waals surface area (Å²) in [6.45, 7) is 0.571. The molecule has 1 aliphatic heterocycles. The number of nitrogens with zero attached hydrogens (tertiary/aromatic N) is 2. The van der Waals surface area contributed by atoms with Gasteiger partial charge < -0.3 is 15.2 Å². The second-order valence-electron chi connectivity index (χ2n) is 8.24. The third-order valence-corrected chi connectivity index (χ3v) is 5.86. The highest BCUT2D eigenvalue weighted by molar-refractivity contribution is 6.00. The molecule has 1 aliphatic carbocycles. The van der Waals surface area contributed by atoms with Crippen LogP contribution >= 0.6 is 0 Å². The van der Waals surface area contributed by atoms with E-state index in [9.17, 15) is 18.3 Å². The molecule has 1 saturated carbocycles. The lowest BCUT2D eigenvalue weighted by atomic mass is 9.99. The van der Waals surface area contributed by atoms with Crippen molar-refractivity contribution in [2.75, 3.05) is 18.5 Å². The topological polar surface area (TPSA) is 67.3 Å². The highest BCUT2D eigenvalue weighted by atomic mass is 19.4. The number of halogens is 3. The number of aromatic nitrogens is 2. The predicted molar refractivity (Wildman–Crippen MR) is 106 cm³/mol. The molecule has 8 heteroatoms. The molecule has 156 valence electrons. The molecule has 30 heavy (non-hydrogen) atoms. The molecule has 2 aromatic carbocycles. The quantitative estimate of drug-likeness (QED) is 0.661. The van der Waals surface area contributed by atoms with Gasteiger partial charge in [-0.25, -0.2) is 0 Å². The molecule has 0 radical (unpaired) electrons. The highest BCUT2D eigenvalue weighted by Gasteiger charge is 2.55. The summed E-state index contributed by atoms with van der Waals surface area (Å²) >= 11 is 0. The molecule has 0 bridgehead atoms. The lowest BCUT2D eigenvalue weighted by Crippen LogP contribution is -2.38. The standard InChI is InChI=1S/C22H20F3N3O2/c23-22(24,25)15-7-5-14(6-8-15)18-16-3-1-2-4-17(16)19(28-27-18)26-12-20(29)11-21(9-10-21)30-13-20/h1-8,29H,9-13H2,(H,26,28). The first-order valence-electron chi connectivity index (χ1n) is 9.80. The minimum absolute atomic E-state index is 0.142. The Morgan fingerprint density at radius 2 is 1.70 bits per heavy atom. The molecule has 2 heterocycles. The van der Waals surface area contributed by atoms with Crippen molar-refractivity contribution in [2.24, 2.45) is 0 Å². The third kappa shape index (κ3) is 3.50. The van der Waals surface area contributed by atoms with Crippen molar-refractivity contribution >= 4 is 16.6 Å². The number of nitrogens with one attached hydrogen (secondary N) is 1. The average Bonchev–Trinajstić information content (AvgIpc) is 3.40. The molecule has 5 rings (SSSR count). The van der Waals surface area contributed by atoms with E-state index < -0.39 is 17.3 Å². The zero-order valence-corrected chi connectivity index (χ0v) is 16.0. The summed E-state index contributed by atoms with van der Waals surface area (Å²) < 4.78 is 44.3. The summed E-state index contributed by atoms with van der Waals surface area (Å²) in [5.41, 5.74) is -0.745. The van der Waals surface area contributed by atoms with Crippen molar-refractivity contribution < 1.29 is 23.0 Å². The van der Waals surface area contributed by atoms with Gasteiger partial charge in [0.1, 0.15) is 11.3 Å². The van der Waals surface area contributed by atoms with Crippen molar-refractivity contribution in [3.05, 3.63) is 54.1 Å². The van der Waals surface area contributed by atoms with E-state index >= 15 is 0 Å². The number of anilines is 1. The molecule has 1 spiro atoms. The Labute approximate surface area is 170 Å². The SMILES string of the molecule is OC1(CNc2nnc(-c3ccc(C(F)(F)F)cc3)c3ccccc23)COC2(CC2)C1. The monoisotopic (exact) mass is 415 g/mol. The van der Waals surface area contributed by atoms with Crippen LogP contribution in [-0.2, 0) is 10.9 Å². The predicted octanol–water partition coefficient (Wildman–Crippen LogP) is 4.41. The Balaban J connectivity index is 1.43. The molecule has 2 aliphatic rings. The fraction of sp³-hybridized carbons (Fsp3) is 0.364. The maximum Gasteiger partial charge on any atom is 0.416 e. The van der Waals surface area contributed by atoms with Gasteiger partial charge in [-0.3, -0.25) is 0 Å². The summed E-state index contributed by atoms with van der Waals surface area (Å²) in [7, 11) is 0. The lowest BCUT2D eigenvalue weighted by Gasteiger charge is -2.22. The van der Waals surface area contributed by atoms with Crippen molar-refractivity contribution in [1.29, 1.82) is 0 Å². The maximum absolute atomic E-state index is 12.9. The van der Waals surface area contributed by atoms with E-state index in [2.05, 4.69) is 15.5 Å². The normalized spacial score (nSPS) is 22.5. The van der Waals surface area contributed by atoms with E-state index in [0.717, 1.165) is 35.7 Å². The highest BCUT2D eigenvalue weighted by Crippen LogP contribution is 2.50. The molecule has 2 N–H and O–H groups in total. The second kappa shape index (κ2) is 6.65. The Kier molecular flexibility index (Phi) is 4.27. The van der Waals surface area contributed by atoms with Crippen molar-refractivity contribution in [3.63, 3.8) is 0 Å². The van der Waals surface area contributed by atoms with E-state index in [0.29, 0.717) is 23.5 Å². The van der Waals surface area contributed by atoms with Gasteiger partial charge in [0.2, 0.25) is 0 Å². The summed E-state index contributed by atoms with van der Waals surface area (Å²) in [6, 6.07) is 12.3. The molecule has 1 atom stereocenters. The molecule has 1 saturated heterocycles. The van der Waals surface area contributed by atoms with Crippen LogP contribution in [0.5, 0.6) is 0 Å². The second-order valence-corrected chi connectivity index (χ2v) is 8.24. The van der Waals surface area contributed by atoms with Crippen molar-refractivity contribution in [1.82, 2.24) is 10.2 Å². The number of benzene rings is 2. The van der Waals surface area contributed by atoms with Gasteiger partial charge in [-0.05, 0) is 25.0 Å². The van der Waals surface area contributed by atoms with Crippen LogP contribution in [0.25, 0.3) is 22.0 Å². The fourth-order valence-electron chi connectivity index (χ4n) is 4.08. The molecule has 5 nitrogen and oxygen atoms in total. The lowest BCUT2D eigenvalue weighted by molar-refractivity contribution is -0.137. The first-order chi connectivity index (χ1) is 14.3. The zero-order chi connectivity index (χ0) is 21.0. The first-order valence-corrected chi connectivity index (χ1v) is 9.80. The van der Waals surface area contributed by atoms with Crippen LogP contribution in [0.2, 0.25) is 0 Å². The van der Waals surface area contributed by atoms with Crippen LogP contribution in [0.3, 0.4) is 0 Å². The number of ether oxygens (including phenoxy) is 1. The Hall–Kier alpha value is -2.71. The fourth-order valence-corrected chi connectivity index (χ4v) is 4.08. The van der Waals surface area contributed by atoms with Gasteiger partial charge in [-0.15, -0.1) is 10.2 Å². The van der Waals surface area contributed by atoms with Crippen LogP contribution in [0, 0.1) is 0 Å². The van der Waals surface area contributed by atoms with Gasteiger partial charge in [-0.2, -0.15) is 13.2 Å². The van der Waals surface area contributed by atoms with Crippen LogP contribution in [0.15, 0.2) is 48.5 Å². The minimum Gasteiger partial charge on any atom is -0.386 e. The number of fused-ring (bicyclic) bond motifs is 1. The van der Waals surface area contributed by atoms with Gasteiger partial charge in [0.15, 0.2) is 5.82 Å². The summed E-state index contributed by atoms with van der Waals surface area (Å²) in [5.74, 6) is 0.520. The largest absolute Gasteiger partial charge is 0.416 e. The van der Waals surface area contributed by atoms with Gasteiger partial charge in [0.05, 0.1) is 17.8 Å². The van der Waals surface area contributed by atoms with E-state index in [-0.39, 0.29) is 18.8 Å². The zero-order valence-electron chi connectivity index (χ0n) is 16.0. The molecule has 1 unspecified atom stereocenters. The molecule has 3 aromatic rings. The Morgan fingerprint density at radius 3 is 2.33 bits per heavy atom. The first kappa shape index (κ1) is 19.3. The summed E-state index contributed by atoms with van der Waals surface area (Å²) in [6.07, 6.45) is -1.81. The third-order valence-electron chi connectivity index (χ3n) is 5.86. The number of alkyl halides is 3. The van der Waals surface area contributed by atoms with Crippen LogP contribution in [0.4, 0.5) is 19.0 Å². The van der Waals surface area contributed by atoms with E-state index in [1.54, 1.807) is 0 Å². The average molecular weight is 415 g/mol. The minimum atomic E-state index is -4.39. The Morgan fingerprint density at radius 1 is 1.00 bits per heavy atom. The molecular formula is C22H20F3N3O2. The smallest absolute Gasteiger partial charge is 0.386 e. The summed E-state index contributed by atoms with van der Waals surface area (Å²) in [4.78, 5) is 0. The van der Waals surface area contributed by atoms with Crippen molar-refractivity contribution in [2.45, 2.75) is 36.6 Å². The van der Waals surface area contributed by atoms with Gasteiger partial charge >= 0.3 is 6.18 Å². The van der Waals surface area contributed by atoms with Crippen LogP contribution < -0.4 is 5.32 Å². The number of hydrogen-bond donors (Lipinski definition) is 2. The van der Waals surface area contributed by atoms with Gasteiger partial charge in [0, 0.05) is 29.3 Å². The van der Waals surface area contributed by atoms with Gasteiger partial charge in [-0.1, -0.05) is 36.4 Å². The number of aliphatic hydroxyl groups is 1. The van der Waals surface area contributed by atoms with E-state index in [4.69, 9.17) is 4.74 Å². The van der Waals surface area contributed by atoms with E-state index in [1.807, 2.05) is 24.3 Å².